The second-order valence-corrected chi connectivity index (χ2v) is 2.97. The highest BCUT2D eigenvalue weighted by molar-refractivity contribution is 5.40. The van der Waals surface area contributed by atoms with Crippen LogP contribution in [-0.4, -0.2) is 6.61 Å². The number of rotatable bonds is 0. The first-order valence-electron chi connectivity index (χ1n) is 4.07. The van der Waals surface area contributed by atoms with E-state index in [2.05, 4.69) is 25.2 Å². The van der Waals surface area contributed by atoms with Gasteiger partial charge in [-0.15, -0.1) is 0 Å². The summed E-state index contributed by atoms with van der Waals surface area (Å²) in [6.45, 7) is 3.02. The maximum Gasteiger partial charge on any atom is 0.122 e. The van der Waals surface area contributed by atoms with Crippen molar-refractivity contribution in [1.82, 2.24) is 0 Å². The van der Waals surface area contributed by atoms with Gasteiger partial charge in [-0.25, -0.2) is 0 Å². The van der Waals surface area contributed by atoms with Crippen LogP contribution in [0.15, 0.2) is 35.1 Å². The van der Waals surface area contributed by atoms with E-state index >= 15 is 0 Å². The number of hydrogen-bond donors (Lipinski definition) is 0. The summed E-state index contributed by atoms with van der Waals surface area (Å²) in [7, 11) is 0. The van der Waals surface area contributed by atoms with Crippen LogP contribution in [-0.2, 0) is 4.74 Å². The van der Waals surface area contributed by atoms with Crippen LogP contribution in [0.4, 0.5) is 0 Å². The van der Waals surface area contributed by atoms with E-state index in [1.165, 1.54) is 11.1 Å². The van der Waals surface area contributed by atoms with E-state index < -0.39 is 0 Å². The van der Waals surface area contributed by atoms with Crippen LogP contribution in [0.1, 0.15) is 19.8 Å². The number of ether oxygens (including phenoxy) is 1. The van der Waals surface area contributed by atoms with Crippen molar-refractivity contribution in [3.63, 3.8) is 0 Å². The molecule has 2 rings (SSSR count). The van der Waals surface area contributed by atoms with Crippen LogP contribution < -0.4 is 0 Å². The molecule has 0 aromatic rings. The monoisotopic (exact) mass is 148 g/mol. The van der Waals surface area contributed by atoms with Gasteiger partial charge < -0.3 is 4.74 Å². The van der Waals surface area contributed by atoms with Gasteiger partial charge in [0, 0.05) is 12.0 Å². The van der Waals surface area contributed by atoms with Crippen molar-refractivity contribution >= 4 is 0 Å². The third-order valence-electron chi connectivity index (χ3n) is 2.21. The van der Waals surface area contributed by atoms with Crippen molar-refractivity contribution in [2.45, 2.75) is 19.8 Å². The van der Waals surface area contributed by atoms with Crippen LogP contribution in [0.25, 0.3) is 0 Å². The molecule has 0 radical (unpaired) electrons. The van der Waals surface area contributed by atoms with Crippen molar-refractivity contribution in [2.24, 2.45) is 0 Å². The summed E-state index contributed by atoms with van der Waals surface area (Å²) in [5.74, 6) is 1.09. The summed E-state index contributed by atoms with van der Waals surface area (Å²) in [5.41, 5.74) is 2.79. The van der Waals surface area contributed by atoms with E-state index in [0.717, 1.165) is 25.2 Å². The van der Waals surface area contributed by atoms with Crippen molar-refractivity contribution in [2.75, 3.05) is 6.61 Å². The van der Waals surface area contributed by atoms with Crippen molar-refractivity contribution < 1.29 is 4.74 Å². The van der Waals surface area contributed by atoms with Crippen LogP contribution in [0.5, 0.6) is 0 Å². The normalized spacial score (nSPS) is 22.5. The van der Waals surface area contributed by atoms with Gasteiger partial charge in [0.05, 0.1) is 6.61 Å². The largest absolute Gasteiger partial charge is 0.493 e. The molecule has 0 bridgehead atoms. The Morgan fingerprint density at radius 2 is 2.36 bits per heavy atom. The lowest BCUT2D eigenvalue weighted by Gasteiger charge is -1.98. The summed E-state index contributed by atoms with van der Waals surface area (Å²) in [4.78, 5) is 0. The lowest BCUT2D eigenvalue weighted by molar-refractivity contribution is 0.257. The van der Waals surface area contributed by atoms with Crippen LogP contribution in [0.3, 0.4) is 0 Å². The molecule has 0 aromatic carbocycles. The van der Waals surface area contributed by atoms with Crippen molar-refractivity contribution in [3.8, 4) is 0 Å². The molecule has 0 saturated heterocycles. The highest BCUT2D eigenvalue weighted by Gasteiger charge is 2.15. The van der Waals surface area contributed by atoms with Crippen LogP contribution >= 0.6 is 0 Å². The van der Waals surface area contributed by atoms with E-state index in [1.807, 2.05) is 0 Å². The van der Waals surface area contributed by atoms with Gasteiger partial charge in [0.25, 0.3) is 0 Å². The summed E-state index contributed by atoms with van der Waals surface area (Å²) in [6, 6.07) is 0. The standard InChI is InChI=1S/C10H12O/c1-8-4-2-3-5-10-9(8)6-7-11-10/h3-5H,2,6-7H2,1H3. The van der Waals surface area contributed by atoms with Crippen molar-refractivity contribution in [3.05, 3.63) is 35.1 Å². The molecule has 2 aliphatic rings. The minimum atomic E-state index is 0.861. The third-order valence-corrected chi connectivity index (χ3v) is 2.21. The van der Waals surface area contributed by atoms with Gasteiger partial charge in [0.1, 0.15) is 5.76 Å². The molecule has 0 amide bonds. The maximum absolute atomic E-state index is 5.46. The van der Waals surface area contributed by atoms with Gasteiger partial charge in [-0.05, 0) is 25.0 Å². The van der Waals surface area contributed by atoms with Gasteiger partial charge >= 0.3 is 0 Å². The summed E-state index contributed by atoms with van der Waals surface area (Å²) in [5, 5.41) is 0. The fourth-order valence-corrected chi connectivity index (χ4v) is 1.56. The van der Waals surface area contributed by atoms with E-state index in [4.69, 9.17) is 4.74 Å². The summed E-state index contributed by atoms with van der Waals surface area (Å²) >= 11 is 0. The molecule has 0 unspecified atom stereocenters. The molecule has 0 fully saturated rings. The first-order chi connectivity index (χ1) is 5.38. The molecule has 1 aliphatic heterocycles. The predicted molar refractivity (Wildman–Crippen MR) is 45.1 cm³/mol. The average Bonchev–Trinajstić information content (AvgIpc) is 2.40. The number of hydrogen-bond acceptors (Lipinski definition) is 1. The highest BCUT2D eigenvalue weighted by Crippen LogP contribution is 2.28. The Kier molecular flexibility index (Phi) is 1.57. The first kappa shape index (κ1) is 6.71. The SMILES string of the molecule is CC1=CCC=CC2=C1CCO2. The fourth-order valence-electron chi connectivity index (χ4n) is 1.56. The second-order valence-electron chi connectivity index (χ2n) is 2.97. The molecule has 0 spiro atoms. The Hall–Kier alpha value is -0.980. The van der Waals surface area contributed by atoms with Gasteiger partial charge in [-0.1, -0.05) is 12.2 Å². The molecule has 1 heterocycles. The predicted octanol–water partition coefficient (Wildman–Crippen LogP) is 2.57. The highest BCUT2D eigenvalue weighted by atomic mass is 16.5. The Balaban J connectivity index is 2.40. The van der Waals surface area contributed by atoms with E-state index in [0.29, 0.717) is 0 Å². The molecule has 1 aliphatic carbocycles. The van der Waals surface area contributed by atoms with E-state index in [-0.39, 0.29) is 0 Å². The van der Waals surface area contributed by atoms with Gasteiger partial charge in [-0.2, -0.15) is 0 Å². The number of allylic oxidation sites excluding steroid dienone is 4. The summed E-state index contributed by atoms with van der Waals surface area (Å²) in [6.07, 6.45) is 8.63. The van der Waals surface area contributed by atoms with Crippen LogP contribution in [0, 0.1) is 0 Å². The smallest absolute Gasteiger partial charge is 0.122 e. The zero-order chi connectivity index (χ0) is 7.68. The summed E-state index contributed by atoms with van der Waals surface area (Å²) < 4.78 is 5.46. The first-order valence-corrected chi connectivity index (χ1v) is 4.07. The Bertz CT molecular complexity index is 256. The zero-order valence-corrected chi connectivity index (χ0v) is 6.76. The molecule has 11 heavy (non-hydrogen) atoms. The molecule has 58 valence electrons. The Morgan fingerprint density at radius 1 is 1.45 bits per heavy atom. The fraction of sp³-hybridized carbons (Fsp3) is 0.400. The lowest BCUT2D eigenvalue weighted by Crippen LogP contribution is -1.82. The quantitative estimate of drug-likeness (QED) is 0.513. The minimum absolute atomic E-state index is 0.861. The third kappa shape index (κ3) is 1.11. The molecule has 0 N–H and O–H groups in total. The molecule has 1 heteroatoms. The maximum atomic E-state index is 5.46. The molecule has 0 aromatic heterocycles. The molecule has 0 saturated carbocycles. The molecular formula is C10H12O. The molecule has 0 atom stereocenters. The minimum Gasteiger partial charge on any atom is -0.493 e. The lowest BCUT2D eigenvalue weighted by atomic mass is 10.1. The molecule has 1 nitrogen and oxygen atoms in total. The Labute approximate surface area is 67.1 Å². The van der Waals surface area contributed by atoms with E-state index in [9.17, 15) is 0 Å². The Morgan fingerprint density at radius 3 is 3.27 bits per heavy atom. The molecular weight excluding hydrogens is 136 g/mol. The zero-order valence-electron chi connectivity index (χ0n) is 6.76. The average molecular weight is 148 g/mol. The van der Waals surface area contributed by atoms with Crippen molar-refractivity contribution in [1.29, 1.82) is 0 Å². The van der Waals surface area contributed by atoms with E-state index in [1.54, 1.807) is 0 Å². The van der Waals surface area contributed by atoms with Gasteiger partial charge in [-0.3, -0.25) is 0 Å². The van der Waals surface area contributed by atoms with Gasteiger partial charge in [0.2, 0.25) is 0 Å². The topological polar surface area (TPSA) is 9.23 Å². The second kappa shape index (κ2) is 2.57. The van der Waals surface area contributed by atoms with Gasteiger partial charge in [0.15, 0.2) is 0 Å². The van der Waals surface area contributed by atoms with Crippen LogP contribution in [0.2, 0.25) is 0 Å².